The highest BCUT2D eigenvalue weighted by Crippen LogP contribution is 2.22. The fourth-order valence-electron chi connectivity index (χ4n) is 3.26. The van der Waals surface area contributed by atoms with Gasteiger partial charge in [-0.3, -0.25) is 4.79 Å². The minimum Gasteiger partial charge on any atom is -0.303 e. The molecule has 0 bridgehead atoms. The van der Waals surface area contributed by atoms with Gasteiger partial charge >= 0.3 is 0 Å². The van der Waals surface area contributed by atoms with Crippen LogP contribution in [-0.4, -0.2) is 44.5 Å². The van der Waals surface area contributed by atoms with Crippen LogP contribution in [0.5, 0.6) is 0 Å². The standard InChI is InChI=1S/C20H21F2NO3S.ClH/c21-17-5-3-16(4-6-17)20(24)2-1-11-23-12-15(13-23)14-27(25,26)19-9-7-18(22)8-10-19;/h3-10,15H,1-2,11-14H2;1H. The minimum atomic E-state index is -3.41. The Bertz CT molecular complexity index is 896. The average molecular weight is 430 g/mol. The number of likely N-dealkylation sites (tertiary alicyclic amines) is 1. The summed E-state index contributed by atoms with van der Waals surface area (Å²) in [7, 11) is -3.41. The fraction of sp³-hybridized carbons (Fsp3) is 0.350. The molecule has 0 spiro atoms. The van der Waals surface area contributed by atoms with Gasteiger partial charge in [0.1, 0.15) is 11.6 Å². The lowest BCUT2D eigenvalue weighted by atomic mass is 10.0. The molecule has 1 aliphatic rings. The van der Waals surface area contributed by atoms with E-state index in [4.69, 9.17) is 0 Å². The quantitative estimate of drug-likeness (QED) is 0.473. The Hall–Kier alpha value is -1.83. The summed E-state index contributed by atoms with van der Waals surface area (Å²) in [5, 5.41) is 0. The Labute approximate surface area is 169 Å². The number of benzene rings is 2. The zero-order valence-electron chi connectivity index (χ0n) is 15.2. The maximum Gasteiger partial charge on any atom is 0.178 e. The van der Waals surface area contributed by atoms with E-state index in [-0.39, 0.29) is 40.6 Å². The third-order valence-corrected chi connectivity index (χ3v) is 6.61. The third-order valence-electron chi connectivity index (χ3n) is 4.71. The van der Waals surface area contributed by atoms with Crippen molar-refractivity contribution in [2.24, 2.45) is 5.92 Å². The van der Waals surface area contributed by atoms with Gasteiger partial charge in [0.25, 0.3) is 0 Å². The first-order valence-electron chi connectivity index (χ1n) is 8.83. The fourth-order valence-corrected chi connectivity index (χ4v) is 4.83. The van der Waals surface area contributed by atoms with Gasteiger partial charge in [-0.05, 0) is 67.4 Å². The first-order chi connectivity index (χ1) is 12.8. The molecule has 8 heteroatoms. The molecule has 1 aliphatic heterocycles. The van der Waals surface area contributed by atoms with Crippen LogP contribution >= 0.6 is 12.4 Å². The Kier molecular flexibility index (Phi) is 7.69. The van der Waals surface area contributed by atoms with E-state index < -0.39 is 15.7 Å². The van der Waals surface area contributed by atoms with Crippen molar-refractivity contribution in [3.05, 3.63) is 65.7 Å². The van der Waals surface area contributed by atoms with Crippen LogP contribution in [-0.2, 0) is 9.84 Å². The monoisotopic (exact) mass is 429 g/mol. The Morgan fingerprint density at radius 2 is 1.50 bits per heavy atom. The molecule has 0 amide bonds. The van der Waals surface area contributed by atoms with E-state index in [1.807, 2.05) is 0 Å². The average Bonchev–Trinajstić information content (AvgIpc) is 2.60. The van der Waals surface area contributed by atoms with Gasteiger partial charge < -0.3 is 4.90 Å². The lowest BCUT2D eigenvalue weighted by Crippen LogP contribution is -2.49. The number of sulfone groups is 1. The molecule has 0 aliphatic carbocycles. The molecular weight excluding hydrogens is 408 g/mol. The Morgan fingerprint density at radius 1 is 0.964 bits per heavy atom. The highest BCUT2D eigenvalue weighted by atomic mass is 35.5. The van der Waals surface area contributed by atoms with Gasteiger partial charge in [-0.25, -0.2) is 17.2 Å². The maximum atomic E-state index is 12.9. The molecule has 0 N–H and O–H groups in total. The zero-order chi connectivity index (χ0) is 19.4. The van der Waals surface area contributed by atoms with Gasteiger partial charge in [-0.2, -0.15) is 0 Å². The lowest BCUT2D eigenvalue weighted by molar-refractivity contribution is 0.0933. The zero-order valence-corrected chi connectivity index (χ0v) is 16.8. The second-order valence-electron chi connectivity index (χ2n) is 6.89. The number of Topliss-reactive ketones (excluding diaryl/α,β-unsaturated/α-hetero) is 1. The van der Waals surface area contributed by atoms with Gasteiger partial charge in [0.15, 0.2) is 15.6 Å². The molecule has 0 unspecified atom stereocenters. The summed E-state index contributed by atoms with van der Waals surface area (Å²) in [6.45, 7) is 2.07. The molecule has 1 heterocycles. The van der Waals surface area contributed by atoms with Crippen LogP contribution in [0.15, 0.2) is 53.4 Å². The highest BCUT2D eigenvalue weighted by Gasteiger charge is 2.31. The Morgan fingerprint density at radius 3 is 2.07 bits per heavy atom. The van der Waals surface area contributed by atoms with Crippen LogP contribution in [0.2, 0.25) is 0 Å². The maximum absolute atomic E-state index is 12.9. The van der Waals surface area contributed by atoms with Crippen LogP contribution in [0.3, 0.4) is 0 Å². The van der Waals surface area contributed by atoms with Gasteiger partial charge in [-0.15, -0.1) is 12.4 Å². The van der Waals surface area contributed by atoms with Gasteiger partial charge in [-0.1, -0.05) is 0 Å². The minimum absolute atomic E-state index is 0. The molecule has 0 atom stereocenters. The molecule has 152 valence electrons. The van der Waals surface area contributed by atoms with Crippen molar-refractivity contribution in [2.45, 2.75) is 17.7 Å². The summed E-state index contributed by atoms with van der Waals surface area (Å²) in [4.78, 5) is 14.3. The van der Waals surface area contributed by atoms with Crippen LogP contribution in [0.4, 0.5) is 8.78 Å². The molecular formula is C20H22ClF2NO3S. The Balaban J connectivity index is 0.00000280. The predicted octanol–water partition coefficient (Wildman–Crippen LogP) is 3.76. The summed E-state index contributed by atoms with van der Waals surface area (Å²) in [6, 6.07) is 10.4. The number of carbonyl (C=O) groups is 1. The second kappa shape index (κ2) is 9.58. The molecule has 4 nitrogen and oxygen atoms in total. The SMILES string of the molecule is Cl.O=C(CCCN1CC(CS(=O)(=O)c2ccc(F)cc2)C1)c1ccc(F)cc1. The smallest absolute Gasteiger partial charge is 0.178 e. The summed E-state index contributed by atoms with van der Waals surface area (Å²) in [6.07, 6.45) is 1.05. The molecule has 0 saturated carbocycles. The van der Waals surface area contributed by atoms with Crippen LogP contribution in [0.1, 0.15) is 23.2 Å². The van der Waals surface area contributed by atoms with Gasteiger partial charge in [0, 0.05) is 25.1 Å². The molecule has 2 aromatic carbocycles. The van der Waals surface area contributed by atoms with Crippen molar-refractivity contribution in [3.8, 4) is 0 Å². The van der Waals surface area contributed by atoms with Crippen molar-refractivity contribution in [1.82, 2.24) is 4.90 Å². The second-order valence-corrected chi connectivity index (χ2v) is 8.93. The lowest BCUT2D eigenvalue weighted by Gasteiger charge is -2.39. The predicted molar refractivity (Wildman–Crippen MR) is 106 cm³/mol. The third kappa shape index (κ3) is 5.83. The molecule has 1 fully saturated rings. The summed E-state index contributed by atoms with van der Waals surface area (Å²) >= 11 is 0. The summed E-state index contributed by atoms with van der Waals surface area (Å²) in [5.41, 5.74) is 0.503. The van der Waals surface area contributed by atoms with Crippen molar-refractivity contribution >= 4 is 28.0 Å². The van der Waals surface area contributed by atoms with E-state index in [1.54, 1.807) is 0 Å². The van der Waals surface area contributed by atoms with Gasteiger partial charge in [0.05, 0.1) is 10.6 Å². The molecule has 28 heavy (non-hydrogen) atoms. The summed E-state index contributed by atoms with van der Waals surface area (Å²) < 4.78 is 50.4. The van der Waals surface area contributed by atoms with E-state index in [0.29, 0.717) is 31.5 Å². The highest BCUT2D eigenvalue weighted by molar-refractivity contribution is 7.91. The van der Waals surface area contributed by atoms with E-state index in [9.17, 15) is 22.0 Å². The van der Waals surface area contributed by atoms with Crippen molar-refractivity contribution < 1.29 is 22.0 Å². The number of ketones is 1. The molecule has 1 saturated heterocycles. The van der Waals surface area contributed by atoms with Crippen molar-refractivity contribution in [3.63, 3.8) is 0 Å². The first kappa shape index (κ1) is 22.5. The van der Waals surface area contributed by atoms with E-state index >= 15 is 0 Å². The number of halogens is 3. The normalized spacial score (nSPS) is 14.9. The topological polar surface area (TPSA) is 54.5 Å². The van der Waals surface area contributed by atoms with Crippen LogP contribution < -0.4 is 0 Å². The number of nitrogens with zero attached hydrogens (tertiary/aromatic N) is 1. The van der Waals surface area contributed by atoms with E-state index in [1.165, 1.54) is 36.4 Å². The largest absolute Gasteiger partial charge is 0.303 e. The summed E-state index contributed by atoms with van der Waals surface area (Å²) in [5.74, 6) is -0.754. The van der Waals surface area contributed by atoms with E-state index in [2.05, 4.69) is 4.90 Å². The molecule has 2 aromatic rings. The first-order valence-corrected chi connectivity index (χ1v) is 10.5. The van der Waals surface area contributed by atoms with Crippen molar-refractivity contribution in [2.75, 3.05) is 25.4 Å². The number of rotatable bonds is 8. The molecule has 3 rings (SSSR count). The number of carbonyl (C=O) groups excluding carboxylic acids is 1. The number of hydrogen-bond donors (Lipinski definition) is 0. The van der Waals surface area contributed by atoms with Gasteiger partial charge in [0.2, 0.25) is 0 Å². The number of hydrogen-bond acceptors (Lipinski definition) is 4. The molecule has 0 radical (unpaired) electrons. The van der Waals surface area contributed by atoms with Crippen LogP contribution in [0, 0.1) is 17.6 Å². The van der Waals surface area contributed by atoms with Crippen LogP contribution in [0.25, 0.3) is 0 Å². The van der Waals surface area contributed by atoms with Crippen molar-refractivity contribution in [1.29, 1.82) is 0 Å². The van der Waals surface area contributed by atoms with E-state index in [0.717, 1.165) is 18.7 Å². The molecule has 0 aromatic heterocycles.